The van der Waals surface area contributed by atoms with Crippen LogP contribution in [0.25, 0.3) is 0 Å². The lowest BCUT2D eigenvalue weighted by Gasteiger charge is -2.35. The van der Waals surface area contributed by atoms with Crippen molar-refractivity contribution < 1.29 is 14.3 Å². The zero-order chi connectivity index (χ0) is 17.8. The Hall–Kier alpha value is -2.15. The molecule has 0 saturated carbocycles. The van der Waals surface area contributed by atoms with Gasteiger partial charge in [0.2, 0.25) is 5.91 Å². The number of ether oxygens (including phenoxy) is 1. The van der Waals surface area contributed by atoms with Gasteiger partial charge in [-0.25, -0.2) is 0 Å². The number of hydrogen-bond acceptors (Lipinski definition) is 4. The number of nitrogens with one attached hydrogen (secondary N) is 1. The molecule has 0 unspecified atom stereocenters. The molecule has 1 aromatic rings. The minimum absolute atomic E-state index is 0.0120. The van der Waals surface area contributed by atoms with Crippen LogP contribution < -0.4 is 5.32 Å². The molecular weight excluding hydrogens is 320 g/mol. The highest BCUT2D eigenvalue weighted by atomic mass is 16.5. The highest BCUT2D eigenvalue weighted by Gasteiger charge is 2.26. The van der Waals surface area contributed by atoms with Gasteiger partial charge in [-0.05, 0) is 39.5 Å². The van der Waals surface area contributed by atoms with Crippen molar-refractivity contribution in [3.05, 3.63) is 24.0 Å². The van der Waals surface area contributed by atoms with Crippen molar-refractivity contribution >= 4 is 17.5 Å². The predicted molar refractivity (Wildman–Crippen MR) is 94.0 cm³/mol. The lowest BCUT2D eigenvalue weighted by Crippen LogP contribution is -2.49. The fraction of sp³-hybridized carbons (Fsp3) is 0.611. The van der Waals surface area contributed by atoms with Gasteiger partial charge in [0.1, 0.15) is 6.54 Å². The monoisotopic (exact) mass is 346 g/mol. The second kappa shape index (κ2) is 7.82. The predicted octanol–water partition coefficient (Wildman–Crippen LogP) is 1.96. The Bertz CT molecular complexity index is 657. The number of carbonyl (C=O) groups is 2. The van der Waals surface area contributed by atoms with Crippen LogP contribution in [-0.4, -0.2) is 51.8 Å². The van der Waals surface area contributed by atoms with E-state index in [2.05, 4.69) is 10.4 Å². The summed E-state index contributed by atoms with van der Waals surface area (Å²) in [6.45, 7) is 5.30. The van der Waals surface area contributed by atoms with Gasteiger partial charge >= 0.3 is 0 Å². The van der Waals surface area contributed by atoms with Crippen LogP contribution >= 0.6 is 0 Å². The molecule has 7 nitrogen and oxygen atoms in total. The molecule has 1 fully saturated rings. The summed E-state index contributed by atoms with van der Waals surface area (Å²) in [5.74, 6) is -0.0561. The van der Waals surface area contributed by atoms with Gasteiger partial charge in [-0.2, -0.15) is 5.10 Å². The lowest BCUT2D eigenvalue weighted by atomic mass is 9.99. The molecule has 2 aliphatic rings. The summed E-state index contributed by atoms with van der Waals surface area (Å²) in [6, 6.07) is 0. The third-order valence-electron chi connectivity index (χ3n) is 4.54. The summed E-state index contributed by atoms with van der Waals surface area (Å²) in [5, 5.41) is 7.05. The lowest BCUT2D eigenvalue weighted by molar-refractivity contribution is -0.144. The SMILES string of the molecule is C[C@@H]1CN(C(=O)Cn2cc(NC(=O)C3=CCCCC3)cn2)C[C@H](C)O1. The minimum atomic E-state index is -0.0681. The van der Waals surface area contributed by atoms with Crippen LogP contribution in [0.4, 0.5) is 5.69 Å². The van der Waals surface area contributed by atoms with Crippen LogP contribution in [0.15, 0.2) is 24.0 Å². The number of carbonyl (C=O) groups excluding carboxylic acids is 2. The van der Waals surface area contributed by atoms with E-state index in [9.17, 15) is 9.59 Å². The molecule has 1 aliphatic carbocycles. The maximum Gasteiger partial charge on any atom is 0.251 e. The van der Waals surface area contributed by atoms with E-state index in [4.69, 9.17) is 4.74 Å². The Kier molecular flexibility index (Phi) is 5.53. The molecule has 2 atom stereocenters. The first-order chi connectivity index (χ1) is 12.0. The molecule has 3 rings (SSSR count). The largest absolute Gasteiger partial charge is 0.372 e. The molecule has 0 bridgehead atoms. The molecule has 1 N–H and O–H groups in total. The van der Waals surface area contributed by atoms with Crippen molar-refractivity contribution in [2.75, 3.05) is 18.4 Å². The van der Waals surface area contributed by atoms with E-state index in [1.165, 1.54) is 0 Å². The van der Waals surface area contributed by atoms with Gasteiger partial charge in [0.15, 0.2) is 0 Å². The van der Waals surface area contributed by atoms with Crippen molar-refractivity contribution in [3.63, 3.8) is 0 Å². The van der Waals surface area contributed by atoms with Gasteiger partial charge in [-0.15, -0.1) is 0 Å². The van der Waals surface area contributed by atoms with E-state index in [1.54, 1.807) is 17.1 Å². The first kappa shape index (κ1) is 17.7. The number of allylic oxidation sites excluding steroid dienone is 1. The van der Waals surface area contributed by atoms with Crippen LogP contribution in [0.1, 0.15) is 39.5 Å². The summed E-state index contributed by atoms with van der Waals surface area (Å²) in [7, 11) is 0. The Morgan fingerprint density at radius 1 is 1.28 bits per heavy atom. The van der Waals surface area contributed by atoms with E-state index in [-0.39, 0.29) is 30.6 Å². The Balaban J connectivity index is 1.55. The molecule has 2 heterocycles. The van der Waals surface area contributed by atoms with Gasteiger partial charge in [-0.3, -0.25) is 14.3 Å². The standard InChI is InChI=1S/C18H26N4O3/c1-13-9-21(10-14(2)25-13)17(23)12-22-11-16(8-19-22)20-18(24)15-6-4-3-5-7-15/h6,8,11,13-14H,3-5,7,9-10,12H2,1-2H3,(H,20,24)/t13-,14+. The molecule has 1 saturated heterocycles. The third-order valence-corrected chi connectivity index (χ3v) is 4.54. The Labute approximate surface area is 148 Å². The normalized spacial score (nSPS) is 23.9. The Morgan fingerprint density at radius 2 is 2.04 bits per heavy atom. The van der Waals surface area contributed by atoms with E-state index in [0.29, 0.717) is 18.8 Å². The number of aromatic nitrogens is 2. The van der Waals surface area contributed by atoms with Crippen LogP contribution in [0.2, 0.25) is 0 Å². The maximum atomic E-state index is 12.5. The molecule has 0 spiro atoms. The van der Waals surface area contributed by atoms with Crippen molar-refractivity contribution in [3.8, 4) is 0 Å². The summed E-state index contributed by atoms with van der Waals surface area (Å²) in [6.07, 6.45) is 9.38. The second-order valence-corrected chi connectivity index (χ2v) is 6.91. The summed E-state index contributed by atoms with van der Waals surface area (Å²) in [5.41, 5.74) is 1.46. The first-order valence-corrected chi connectivity index (χ1v) is 8.97. The number of rotatable bonds is 4. The van der Waals surface area contributed by atoms with E-state index in [1.807, 2.05) is 24.8 Å². The third kappa shape index (κ3) is 4.69. The molecular formula is C18H26N4O3. The number of anilines is 1. The molecule has 0 aromatic carbocycles. The summed E-state index contributed by atoms with van der Waals surface area (Å²) in [4.78, 5) is 26.5. The number of morpholine rings is 1. The van der Waals surface area contributed by atoms with Crippen LogP contribution in [0.3, 0.4) is 0 Å². The molecule has 25 heavy (non-hydrogen) atoms. The average Bonchev–Trinajstić information content (AvgIpc) is 3.01. The number of hydrogen-bond donors (Lipinski definition) is 1. The Morgan fingerprint density at radius 3 is 2.72 bits per heavy atom. The van der Waals surface area contributed by atoms with Crippen molar-refractivity contribution in [2.45, 2.75) is 58.3 Å². The molecule has 136 valence electrons. The van der Waals surface area contributed by atoms with Crippen molar-refractivity contribution in [1.29, 1.82) is 0 Å². The molecule has 2 amide bonds. The quantitative estimate of drug-likeness (QED) is 0.904. The minimum Gasteiger partial charge on any atom is -0.372 e. The van der Waals surface area contributed by atoms with E-state index in [0.717, 1.165) is 31.3 Å². The highest BCUT2D eigenvalue weighted by molar-refractivity contribution is 6.03. The number of amides is 2. The number of nitrogens with zero attached hydrogens (tertiary/aromatic N) is 3. The molecule has 7 heteroatoms. The van der Waals surface area contributed by atoms with Crippen LogP contribution in [0, 0.1) is 0 Å². The van der Waals surface area contributed by atoms with E-state index >= 15 is 0 Å². The summed E-state index contributed by atoms with van der Waals surface area (Å²) >= 11 is 0. The van der Waals surface area contributed by atoms with Gasteiger partial charge in [0, 0.05) is 24.9 Å². The first-order valence-electron chi connectivity index (χ1n) is 8.97. The van der Waals surface area contributed by atoms with E-state index < -0.39 is 0 Å². The van der Waals surface area contributed by atoms with Crippen molar-refractivity contribution in [2.24, 2.45) is 0 Å². The fourth-order valence-corrected chi connectivity index (χ4v) is 3.39. The molecule has 0 radical (unpaired) electrons. The van der Waals surface area contributed by atoms with Gasteiger partial charge in [0.25, 0.3) is 5.91 Å². The zero-order valence-electron chi connectivity index (χ0n) is 14.9. The van der Waals surface area contributed by atoms with Gasteiger partial charge < -0.3 is 15.0 Å². The smallest absolute Gasteiger partial charge is 0.251 e. The van der Waals surface area contributed by atoms with Crippen molar-refractivity contribution in [1.82, 2.24) is 14.7 Å². The zero-order valence-corrected chi connectivity index (χ0v) is 14.9. The molecule has 1 aliphatic heterocycles. The topological polar surface area (TPSA) is 76.5 Å². The van der Waals surface area contributed by atoms with Gasteiger partial charge in [-0.1, -0.05) is 6.08 Å². The van der Waals surface area contributed by atoms with Crippen LogP contribution in [-0.2, 0) is 20.9 Å². The second-order valence-electron chi connectivity index (χ2n) is 6.91. The highest BCUT2D eigenvalue weighted by Crippen LogP contribution is 2.19. The summed E-state index contributed by atoms with van der Waals surface area (Å²) < 4.78 is 7.22. The van der Waals surface area contributed by atoms with Crippen LogP contribution in [0.5, 0.6) is 0 Å². The molecule has 1 aromatic heterocycles. The fourth-order valence-electron chi connectivity index (χ4n) is 3.39. The average molecular weight is 346 g/mol. The van der Waals surface area contributed by atoms with Gasteiger partial charge in [0.05, 0.1) is 24.1 Å². The maximum absolute atomic E-state index is 12.5.